The molecule has 0 radical (unpaired) electrons. The van der Waals surface area contributed by atoms with Gasteiger partial charge in [0.15, 0.2) is 15.7 Å². The van der Waals surface area contributed by atoms with Crippen LogP contribution in [0, 0.1) is 12.7 Å². The number of hydrogen-bond acceptors (Lipinski definition) is 8. The SMILES string of the molecule is Cc1cc(-c2nc3c(F)cc(OCCS(=O)(=O)c4ccccc4)cc3s2)c2ncc(OC(F)F)nc2c1. The zero-order valence-corrected chi connectivity index (χ0v) is 20.8. The van der Waals surface area contributed by atoms with Crippen LogP contribution in [0.4, 0.5) is 13.2 Å². The highest BCUT2D eigenvalue weighted by Gasteiger charge is 2.18. The minimum Gasteiger partial charge on any atom is -0.492 e. The maximum Gasteiger partial charge on any atom is 0.388 e. The van der Waals surface area contributed by atoms with Crippen molar-refractivity contribution in [2.45, 2.75) is 18.4 Å². The largest absolute Gasteiger partial charge is 0.492 e. The summed E-state index contributed by atoms with van der Waals surface area (Å²) < 4.78 is 75.3. The lowest BCUT2D eigenvalue weighted by Gasteiger charge is -2.07. The highest BCUT2D eigenvalue weighted by Crippen LogP contribution is 2.37. The summed E-state index contributed by atoms with van der Waals surface area (Å²) in [6.07, 6.45) is 1.09. The summed E-state index contributed by atoms with van der Waals surface area (Å²) in [5.74, 6) is -1.04. The highest BCUT2D eigenvalue weighted by molar-refractivity contribution is 7.91. The molecule has 0 bridgehead atoms. The number of hydrogen-bond donors (Lipinski definition) is 0. The number of ether oxygens (including phenoxy) is 2. The number of sulfone groups is 1. The molecule has 2 heterocycles. The maximum atomic E-state index is 14.9. The Kier molecular flexibility index (Phi) is 6.69. The Balaban J connectivity index is 1.43. The predicted octanol–water partition coefficient (Wildman–Crippen LogP) is 5.81. The van der Waals surface area contributed by atoms with Crippen molar-refractivity contribution in [3.05, 3.63) is 72.2 Å². The van der Waals surface area contributed by atoms with Gasteiger partial charge in [0.25, 0.3) is 0 Å². The molecule has 0 aliphatic rings. The molecule has 0 N–H and O–H groups in total. The van der Waals surface area contributed by atoms with E-state index in [1.165, 1.54) is 23.5 Å². The van der Waals surface area contributed by atoms with Gasteiger partial charge in [-0.3, -0.25) is 0 Å². The quantitative estimate of drug-likeness (QED) is 0.243. The molecule has 7 nitrogen and oxygen atoms in total. The van der Waals surface area contributed by atoms with Crippen molar-refractivity contribution >= 4 is 42.4 Å². The third-order valence-electron chi connectivity index (χ3n) is 5.35. The second kappa shape index (κ2) is 9.94. The molecule has 0 spiro atoms. The summed E-state index contributed by atoms with van der Waals surface area (Å²) in [6.45, 7) is -1.39. The molecule has 12 heteroatoms. The molecule has 0 unspecified atom stereocenters. The van der Waals surface area contributed by atoms with E-state index in [4.69, 9.17) is 4.74 Å². The van der Waals surface area contributed by atoms with Crippen molar-refractivity contribution < 1.29 is 31.1 Å². The van der Waals surface area contributed by atoms with Gasteiger partial charge in [-0.1, -0.05) is 18.2 Å². The molecule has 3 aromatic carbocycles. The normalized spacial score (nSPS) is 11.9. The van der Waals surface area contributed by atoms with Crippen molar-refractivity contribution in [2.24, 2.45) is 0 Å². The van der Waals surface area contributed by atoms with E-state index in [9.17, 15) is 21.6 Å². The van der Waals surface area contributed by atoms with E-state index in [2.05, 4.69) is 19.7 Å². The molecular formula is C25H18F3N3O4S2. The number of nitrogens with zero attached hydrogens (tertiary/aromatic N) is 3. The topological polar surface area (TPSA) is 91.3 Å². The van der Waals surface area contributed by atoms with Crippen molar-refractivity contribution in [3.8, 4) is 22.2 Å². The van der Waals surface area contributed by atoms with Gasteiger partial charge in [0.05, 0.1) is 32.6 Å². The predicted molar refractivity (Wildman–Crippen MR) is 133 cm³/mol. The van der Waals surface area contributed by atoms with Gasteiger partial charge in [-0.05, 0) is 42.8 Å². The number of halogens is 3. The van der Waals surface area contributed by atoms with Gasteiger partial charge in [-0.25, -0.2) is 27.8 Å². The molecule has 0 aliphatic carbocycles. The fraction of sp³-hybridized carbons (Fsp3) is 0.160. The Bertz CT molecular complexity index is 1710. The molecule has 5 rings (SSSR count). The lowest BCUT2D eigenvalue weighted by Crippen LogP contribution is -2.14. The molecule has 37 heavy (non-hydrogen) atoms. The van der Waals surface area contributed by atoms with Gasteiger partial charge in [0.2, 0.25) is 5.88 Å². The van der Waals surface area contributed by atoms with E-state index in [1.807, 2.05) is 0 Å². The lowest BCUT2D eigenvalue weighted by atomic mass is 10.1. The lowest BCUT2D eigenvalue weighted by molar-refractivity contribution is -0.0528. The number of rotatable bonds is 8. The number of aryl methyl sites for hydroxylation is 1. The fourth-order valence-electron chi connectivity index (χ4n) is 3.74. The Morgan fingerprint density at radius 3 is 2.57 bits per heavy atom. The van der Waals surface area contributed by atoms with Crippen molar-refractivity contribution in [2.75, 3.05) is 12.4 Å². The molecule has 0 saturated carbocycles. The van der Waals surface area contributed by atoms with Crippen LogP contribution in [0.2, 0.25) is 0 Å². The van der Waals surface area contributed by atoms with Gasteiger partial charge in [-0.2, -0.15) is 8.78 Å². The smallest absolute Gasteiger partial charge is 0.388 e. The summed E-state index contributed by atoms with van der Waals surface area (Å²) in [6, 6.07) is 14.2. The first kappa shape index (κ1) is 24.9. The van der Waals surface area contributed by atoms with E-state index >= 15 is 0 Å². The van der Waals surface area contributed by atoms with Crippen LogP contribution in [0.25, 0.3) is 31.8 Å². The zero-order chi connectivity index (χ0) is 26.2. The number of benzene rings is 3. The summed E-state index contributed by atoms with van der Waals surface area (Å²) in [4.78, 5) is 12.9. The van der Waals surface area contributed by atoms with Crippen molar-refractivity contribution in [3.63, 3.8) is 0 Å². The third kappa shape index (κ3) is 5.35. The van der Waals surface area contributed by atoms with E-state index in [1.54, 1.807) is 43.3 Å². The Morgan fingerprint density at radius 1 is 1.03 bits per heavy atom. The summed E-state index contributed by atoms with van der Waals surface area (Å²) >= 11 is 1.18. The molecule has 0 saturated heterocycles. The molecule has 190 valence electrons. The molecule has 0 atom stereocenters. The maximum absolute atomic E-state index is 14.9. The first-order chi connectivity index (χ1) is 17.7. The number of fused-ring (bicyclic) bond motifs is 2. The van der Waals surface area contributed by atoms with E-state index in [0.29, 0.717) is 26.3 Å². The third-order valence-corrected chi connectivity index (χ3v) is 8.08. The number of alkyl halides is 2. The average molecular weight is 546 g/mol. The van der Waals surface area contributed by atoms with Crippen LogP contribution in [-0.4, -0.2) is 42.3 Å². The van der Waals surface area contributed by atoms with Crippen LogP contribution in [0.1, 0.15) is 5.56 Å². The van der Waals surface area contributed by atoms with Crippen LogP contribution in [0.15, 0.2) is 65.7 Å². The molecule has 0 fully saturated rings. The van der Waals surface area contributed by atoms with Crippen molar-refractivity contribution in [1.82, 2.24) is 15.0 Å². The van der Waals surface area contributed by atoms with E-state index in [0.717, 1.165) is 17.8 Å². The van der Waals surface area contributed by atoms with Gasteiger partial charge < -0.3 is 9.47 Å². The molecule has 2 aromatic heterocycles. The van der Waals surface area contributed by atoms with Gasteiger partial charge >= 0.3 is 6.61 Å². The number of aromatic nitrogens is 3. The number of thiazole rings is 1. The fourth-order valence-corrected chi connectivity index (χ4v) is 5.87. The summed E-state index contributed by atoms with van der Waals surface area (Å²) in [7, 11) is -3.54. The second-order valence-electron chi connectivity index (χ2n) is 8.02. The molecular weight excluding hydrogens is 527 g/mol. The first-order valence-electron chi connectivity index (χ1n) is 10.9. The van der Waals surface area contributed by atoms with E-state index < -0.39 is 22.3 Å². The summed E-state index contributed by atoms with van der Waals surface area (Å²) in [5, 5.41) is 0.447. The van der Waals surface area contributed by atoms with Crippen LogP contribution in [-0.2, 0) is 9.84 Å². The standard InChI is InChI=1S/C25H18F3N3O4S2/c1-14-9-17(22-19(10-14)30-21(13-29-22)35-25(27)28)24-31-23-18(26)11-15(12-20(23)36-24)34-7-8-37(32,33)16-5-3-2-4-6-16/h2-6,9-13,25H,7-8H2,1H3. The minimum atomic E-state index is -3.54. The second-order valence-corrected chi connectivity index (χ2v) is 11.2. The van der Waals surface area contributed by atoms with Crippen LogP contribution in [0.5, 0.6) is 11.6 Å². The van der Waals surface area contributed by atoms with Crippen LogP contribution < -0.4 is 9.47 Å². The molecule has 0 amide bonds. The van der Waals surface area contributed by atoms with Gasteiger partial charge in [0, 0.05) is 11.6 Å². The first-order valence-corrected chi connectivity index (χ1v) is 13.4. The monoisotopic (exact) mass is 545 g/mol. The Morgan fingerprint density at radius 2 is 1.81 bits per heavy atom. The summed E-state index contributed by atoms with van der Waals surface area (Å²) in [5.41, 5.74) is 2.17. The van der Waals surface area contributed by atoms with Crippen LogP contribution >= 0.6 is 11.3 Å². The average Bonchev–Trinajstić information content (AvgIpc) is 3.28. The van der Waals surface area contributed by atoms with Gasteiger partial charge in [0.1, 0.15) is 22.9 Å². The molecule has 5 aromatic rings. The zero-order valence-electron chi connectivity index (χ0n) is 19.2. The highest BCUT2D eigenvalue weighted by atomic mass is 32.2. The minimum absolute atomic E-state index is 0.115. The van der Waals surface area contributed by atoms with Crippen molar-refractivity contribution in [1.29, 1.82) is 0 Å². The Hall–Kier alpha value is -3.77. The van der Waals surface area contributed by atoms with Crippen LogP contribution in [0.3, 0.4) is 0 Å². The Labute approximate surface area is 213 Å². The molecule has 0 aliphatic heterocycles. The van der Waals surface area contributed by atoms with Gasteiger partial charge in [-0.15, -0.1) is 11.3 Å². The van der Waals surface area contributed by atoms with E-state index in [-0.39, 0.29) is 34.4 Å².